The van der Waals surface area contributed by atoms with E-state index in [9.17, 15) is 9.59 Å². The Balaban J connectivity index is 2.55. The van der Waals surface area contributed by atoms with Gasteiger partial charge in [-0.2, -0.15) is 0 Å². The largest absolute Gasteiger partial charge is 0.444 e. The molecule has 134 valence electrons. The van der Waals surface area contributed by atoms with Gasteiger partial charge in [0.05, 0.1) is 6.61 Å². The summed E-state index contributed by atoms with van der Waals surface area (Å²) >= 11 is 0. The number of carbonyl (C=O) groups is 2. The van der Waals surface area contributed by atoms with Gasteiger partial charge >= 0.3 is 6.09 Å². The zero-order chi connectivity index (χ0) is 17.5. The summed E-state index contributed by atoms with van der Waals surface area (Å²) in [6, 6.07) is -0.547. The molecular formula is C17H32N2O4. The third-order valence-corrected chi connectivity index (χ3v) is 3.76. The fourth-order valence-electron chi connectivity index (χ4n) is 2.51. The van der Waals surface area contributed by atoms with E-state index in [0.29, 0.717) is 25.6 Å². The third-order valence-electron chi connectivity index (χ3n) is 3.76. The van der Waals surface area contributed by atoms with Crippen molar-refractivity contribution in [2.45, 2.75) is 65.5 Å². The molecule has 2 atom stereocenters. The molecule has 23 heavy (non-hydrogen) atoms. The molecule has 6 heteroatoms. The van der Waals surface area contributed by atoms with Crippen LogP contribution in [0.1, 0.15) is 53.9 Å². The van der Waals surface area contributed by atoms with Crippen molar-refractivity contribution in [2.24, 2.45) is 5.92 Å². The second-order valence-corrected chi connectivity index (χ2v) is 7.18. The van der Waals surface area contributed by atoms with Crippen LogP contribution in [0.4, 0.5) is 4.79 Å². The summed E-state index contributed by atoms with van der Waals surface area (Å²) in [6.07, 6.45) is 2.44. The molecule has 1 rings (SSSR count). The van der Waals surface area contributed by atoms with Gasteiger partial charge in [0.15, 0.2) is 0 Å². The first-order chi connectivity index (χ1) is 10.7. The molecule has 0 aromatic carbocycles. The molecule has 1 saturated heterocycles. The Morgan fingerprint density at radius 2 is 2.09 bits per heavy atom. The average Bonchev–Trinajstić information content (AvgIpc) is 2.48. The summed E-state index contributed by atoms with van der Waals surface area (Å²) in [5.41, 5.74) is -0.571. The van der Waals surface area contributed by atoms with Crippen molar-refractivity contribution in [3.8, 4) is 0 Å². The fourth-order valence-corrected chi connectivity index (χ4v) is 2.51. The van der Waals surface area contributed by atoms with Crippen molar-refractivity contribution in [1.82, 2.24) is 10.2 Å². The molecule has 1 fully saturated rings. The Labute approximate surface area is 139 Å². The van der Waals surface area contributed by atoms with E-state index >= 15 is 0 Å². The predicted octanol–water partition coefficient (Wildman–Crippen LogP) is 2.56. The van der Waals surface area contributed by atoms with E-state index in [-0.39, 0.29) is 5.91 Å². The first-order valence-electron chi connectivity index (χ1n) is 8.59. The standard InChI is InChI=1S/C17H32N2O4/c1-6-9-19(16(21)23-17(3,4)5)13(2)15(20)18-11-14-8-7-10-22-12-14/h13-14H,6-12H2,1-5H3,(H,18,20)/t13-,14+/m0/s1. The number of hydrogen-bond acceptors (Lipinski definition) is 4. The summed E-state index contributed by atoms with van der Waals surface area (Å²) < 4.78 is 10.8. The average molecular weight is 328 g/mol. The fraction of sp³-hybridized carbons (Fsp3) is 0.882. The normalized spacial score (nSPS) is 19.8. The van der Waals surface area contributed by atoms with Gasteiger partial charge in [0.25, 0.3) is 0 Å². The summed E-state index contributed by atoms with van der Waals surface area (Å²) in [7, 11) is 0. The number of nitrogens with zero attached hydrogens (tertiary/aromatic N) is 1. The monoisotopic (exact) mass is 328 g/mol. The molecule has 0 radical (unpaired) electrons. The zero-order valence-electron chi connectivity index (χ0n) is 15.2. The molecule has 0 saturated carbocycles. The smallest absolute Gasteiger partial charge is 0.410 e. The van der Waals surface area contributed by atoms with Crippen LogP contribution in [0.15, 0.2) is 0 Å². The van der Waals surface area contributed by atoms with Gasteiger partial charge < -0.3 is 14.8 Å². The summed E-state index contributed by atoms with van der Waals surface area (Å²) in [6.45, 7) is 11.8. The molecule has 0 unspecified atom stereocenters. The van der Waals surface area contributed by atoms with Crippen molar-refractivity contribution >= 4 is 12.0 Å². The van der Waals surface area contributed by atoms with Gasteiger partial charge in [-0.15, -0.1) is 0 Å². The minimum Gasteiger partial charge on any atom is -0.444 e. The first-order valence-corrected chi connectivity index (χ1v) is 8.59. The molecule has 0 aromatic rings. The minimum atomic E-state index is -0.571. The summed E-state index contributed by atoms with van der Waals surface area (Å²) in [5.74, 6) is 0.218. The second-order valence-electron chi connectivity index (χ2n) is 7.18. The molecule has 0 bridgehead atoms. The van der Waals surface area contributed by atoms with Crippen LogP contribution in [0.25, 0.3) is 0 Å². The lowest BCUT2D eigenvalue weighted by Crippen LogP contribution is -2.50. The van der Waals surface area contributed by atoms with Gasteiger partial charge in [0, 0.05) is 19.7 Å². The van der Waals surface area contributed by atoms with Crippen molar-refractivity contribution in [2.75, 3.05) is 26.3 Å². The van der Waals surface area contributed by atoms with Crippen LogP contribution in [0.2, 0.25) is 0 Å². The van der Waals surface area contributed by atoms with Crippen LogP contribution in [-0.4, -0.2) is 54.8 Å². The van der Waals surface area contributed by atoms with Gasteiger partial charge in [-0.1, -0.05) is 6.92 Å². The molecule has 1 aliphatic heterocycles. The zero-order valence-corrected chi connectivity index (χ0v) is 15.2. The van der Waals surface area contributed by atoms with E-state index in [4.69, 9.17) is 9.47 Å². The number of hydrogen-bond donors (Lipinski definition) is 1. The van der Waals surface area contributed by atoms with E-state index in [1.807, 2.05) is 27.7 Å². The number of amides is 2. The lowest BCUT2D eigenvalue weighted by atomic mass is 10.0. The second kappa shape index (κ2) is 9.11. The number of carbonyl (C=O) groups excluding carboxylic acids is 2. The lowest BCUT2D eigenvalue weighted by molar-refractivity contribution is -0.126. The highest BCUT2D eigenvalue weighted by Gasteiger charge is 2.29. The van der Waals surface area contributed by atoms with E-state index in [1.165, 1.54) is 4.90 Å². The Morgan fingerprint density at radius 1 is 1.39 bits per heavy atom. The molecule has 1 N–H and O–H groups in total. The van der Waals surface area contributed by atoms with E-state index in [2.05, 4.69) is 5.32 Å². The Hall–Kier alpha value is -1.30. The highest BCUT2D eigenvalue weighted by atomic mass is 16.6. The summed E-state index contributed by atoms with van der Waals surface area (Å²) in [4.78, 5) is 26.2. The Bertz CT molecular complexity index is 387. The maximum atomic E-state index is 12.4. The molecule has 1 heterocycles. The predicted molar refractivity (Wildman–Crippen MR) is 89.2 cm³/mol. The minimum absolute atomic E-state index is 0.144. The van der Waals surface area contributed by atoms with Gasteiger partial charge in [-0.05, 0) is 52.9 Å². The van der Waals surface area contributed by atoms with Crippen molar-refractivity contribution in [3.05, 3.63) is 0 Å². The van der Waals surface area contributed by atoms with Crippen LogP contribution >= 0.6 is 0 Å². The van der Waals surface area contributed by atoms with Gasteiger partial charge in [0.1, 0.15) is 11.6 Å². The van der Waals surface area contributed by atoms with Gasteiger partial charge in [0.2, 0.25) is 5.91 Å². The van der Waals surface area contributed by atoms with Gasteiger partial charge in [-0.3, -0.25) is 9.69 Å². The van der Waals surface area contributed by atoms with Crippen LogP contribution in [0.5, 0.6) is 0 Å². The number of nitrogens with one attached hydrogen (secondary N) is 1. The molecule has 0 spiro atoms. The van der Waals surface area contributed by atoms with E-state index in [0.717, 1.165) is 25.9 Å². The number of ether oxygens (including phenoxy) is 2. The lowest BCUT2D eigenvalue weighted by Gasteiger charge is -2.31. The molecule has 6 nitrogen and oxygen atoms in total. The Morgan fingerprint density at radius 3 is 2.61 bits per heavy atom. The molecule has 0 aromatic heterocycles. The topological polar surface area (TPSA) is 67.9 Å². The van der Waals surface area contributed by atoms with Crippen LogP contribution in [-0.2, 0) is 14.3 Å². The maximum Gasteiger partial charge on any atom is 0.410 e. The van der Waals surface area contributed by atoms with Crippen molar-refractivity contribution in [3.63, 3.8) is 0 Å². The van der Waals surface area contributed by atoms with Crippen LogP contribution < -0.4 is 5.32 Å². The van der Waals surface area contributed by atoms with E-state index < -0.39 is 17.7 Å². The maximum absolute atomic E-state index is 12.4. The van der Waals surface area contributed by atoms with Crippen LogP contribution in [0.3, 0.4) is 0 Å². The van der Waals surface area contributed by atoms with Crippen molar-refractivity contribution in [1.29, 1.82) is 0 Å². The molecular weight excluding hydrogens is 296 g/mol. The highest BCUT2D eigenvalue weighted by molar-refractivity contribution is 5.85. The molecule has 0 aliphatic carbocycles. The Kier molecular flexibility index (Phi) is 7.82. The van der Waals surface area contributed by atoms with E-state index in [1.54, 1.807) is 6.92 Å². The quantitative estimate of drug-likeness (QED) is 0.814. The highest BCUT2D eigenvalue weighted by Crippen LogP contribution is 2.14. The van der Waals surface area contributed by atoms with Crippen molar-refractivity contribution < 1.29 is 19.1 Å². The third kappa shape index (κ3) is 7.20. The van der Waals surface area contributed by atoms with Crippen LogP contribution in [0, 0.1) is 5.92 Å². The van der Waals surface area contributed by atoms with Gasteiger partial charge in [-0.25, -0.2) is 4.79 Å². The molecule has 2 amide bonds. The first kappa shape index (κ1) is 19.7. The number of rotatable bonds is 6. The SMILES string of the molecule is CCCN(C(=O)OC(C)(C)C)[C@@H](C)C(=O)NC[C@H]1CCCOC1. The summed E-state index contributed by atoms with van der Waals surface area (Å²) in [5, 5.41) is 2.94. The molecule has 1 aliphatic rings.